The number of aliphatic carboxylic acids is 4. The van der Waals surface area contributed by atoms with Crippen LogP contribution in [-0.4, -0.2) is 133 Å². The van der Waals surface area contributed by atoms with Gasteiger partial charge in [0.1, 0.15) is 0 Å². The van der Waals surface area contributed by atoms with Crippen molar-refractivity contribution in [2.45, 2.75) is 21.7 Å². The van der Waals surface area contributed by atoms with Gasteiger partial charge in [0.05, 0.1) is 31.8 Å². The summed E-state index contributed by atoms with van der Waals surface area (Å²) < 4.78 is 0. The van der Waals surface area contributed by atoms with Crippen LogP contribution in [0.15, 0.2) is 0 Å². The monoisotopic (exact) mass is 568 g/mol. The molecule has 0 aliphatic heterocycles. The largest absolute Gasteiger partial charge is 0.479 e. The van der Waals surface area contributed by atoms with E-state index in [2.05, 4.69) is 50.5 Å². The van der Waals surface area contributed by atoms with Crippen LogP contribution in [0.25, 0.3) is 0 Å². The molecule has 4 atom stereocenters. The summed E-state index contributed by atoms with van der Waals surface area (Å²) in [6, 6.07) is 0. The first-order chi connectivity index (χ1) is 14.8. The van der Waals surface area contributed by atoms with Gasteiger partial charge in [0.25, 0.3) is 0 Å². The molecule has 0 aromatic heterocycles. The molecule has 0 aliphatic carbocycles. The van der Waals surface area contributed by atoms with Gasteiger partial charge in [0.2, 0.25) is 0 Å². The Morgan fingerprint density at radius 3 is 0.576 bits per heavy atom. The van der Waals surface area contributed by atoms with E-state index in [0.29, 0.717) is 0 Å². The summed E-state index contributed by atoms with van der Waals surface area (Å²) in [5.74, 6) is -5.28. The molecule has 0 fully saturated rings. The Kier molecular flexibility index (Phi) is 32.7. The van der Waals surface area contributed by atoms with Gasteiger partial charge in [-0.1, -0.05) is 0 Å². The van der Waals surface area contributed by atoms with Crippen LogP contribution in [0.4, 0.5) is 0 Å². The maximum absolute atomic E-state index is 9.37. The zero-order valence-corrected chi connectivity index (χ0v) is 20.0. The predicted molar refractivity (Wildman–Crippen MR) is 121 cm³/mol. The number of hydrogen-bond acceptors (Lipinski definition) is 16. The van der Waals surface area contributed by atoms with E-state index in [1.165, 1.54) is 0 Å². The fourth-order valence-electron chi connectivity index (χ4n) is 0.300. The maximum atomic E-state index is 9.37. The Hall–Kier alpha value is -1.04. The van der Waals surface area contributed by atoms with Crippen molar-refractivity contribution in [2.75, 3.05) is 26.4 Å². The standard InChI is InChI=1S/C5H12O4.4C2H4O3S/c6-1-5(2-7,3-8)4-9;4*3-1(4)2(5)6/h6-9H,1-4H2;4*2,5-6H,(H,3,4). The molecule has 20 heteroatoms. The molecule has 4 unspecified atom stereocenters. The van der Waals surface area contributed by atoms with E-state index in [9.17, 15) is 19.2 Å². The van der Waals surface area contributed by atoms with Crippen molar-refractivity contribution in [3.63, 3.8) is 0 Å². The van der Waals surface area contributed by atoms with Crippen LogP contribution >= 0.6 is 50.5 Å². The average Bonchev–Trinajstić information content (AvgIpc) is 2.71. The number of aliphatic hydroxyl groups excluding tert-OH is 8. The lowest BCUT2D eigenvalue weighted by Crippen LogP contribution is -2.37. The number of hydrogen-bond donors (Lipinski definition) is 16. The number of aliphatic hydroxyl groups is 8. The quantitative estimate of drug-likeness (QED) is 0.0964. The van der Waals surface area contributed by atoms with Crippen molar-refractivity contribution in [1.82, 2.24) is 0 Å². The molecule has 12 N–H and O–H groups in total. The van der Waals surface area contributed by atoms with Gasteiger partial charge in [-0.25, -0.2) is 19.2 Å². The predicted octanol–water partition coefficient (Wildman–Crippen LogP) is -4.78. The van der Waals surface area contributed by atoms with Crippen LogP contribution in [0.2, 0.25) is 0 Å². The maximum Gasteiger partial charge on any atom is 0.342 e. The Balaban J connectivity index is -0.000000100. The first-order valence-corrected chi connectivity index (χ1v) is 9.68. The fourth-order valence-corrected chi connectivity index (χ4v) is 0.300. The van der Waals surface area contributed by atoms with E-state index in [1.807, 2.05) is 0 Å². The molecule has 0 saturated heterocycles. The summed E-state index contributed by atoms with van der Waals surface area (Å²) in [6.07, 6.45) is 0. The minimum atomic E-state index is -1.54. The molecular formula is C13H28O16S4. The molecule has 0 saturated carbocycles. The molecule has 0 spiro atoms. The lowest BCUT2D eigenvalue weighted by molar-refractivity contribution is -0.142. The average molecular weight is 569 g/mol. The van der Waals surface area contributed by atoms with Gasteiger partial charge >= 0.3 is 23.9 Å². The van der Waals surface area contributed by atoms with E-state index in [1.54, 1.807) is 0 Å². The van der Waals surface area contributed by atoms with E-state index < -0.39 is 77.5 Å². The molecule has 0 heterocycles. The van der Waals surface area contributed by atoms with Crippen LogP contribution in [0.1, 0.15) is 0 Å². The van der Waals surface area contributed by atoms with Crippen LogP contribution in [0.5, 0.6) is 0 Å². The molecule has 0 bridgehead atoms. The second kappa shape index (κ2) is 25.6. The molecular weight excluding hydrogens is 540 g/mol. The smallest absolute Gasteiger partial charge is 0.342 e. The van der Waals surface area contributed by atoms with Crippen molar-refractivity contribution in [2.24, 2.45) is 5.41 Å². The first kappa shape index (κ1) is 42.1. The van der Waals surface area contributed by atoms with E-state index in [-0.39, 0.29) is 0 Å². The minimum absolute atomic E-state index is 0.406. The lowest BCUT2D eigenvalue weighted by Gasteiger charge is -2.23. The van der Waals surface area contributed by atoms with Gasteiger partial charge in [-0.05, 0) is 0 Å². The van der Waals surface area contributed by atoms with Gasteiger partial charge < -0.3 is 61.3 Å². The zero-order chi connectivity index (χ0) is 27.9. The molecule has 0 radical (unpaired) electrons. The third-order valence-electron chi connectivity index (χ3n) is 2.23. The van der Waals surface area contributed by atoms with Crippen molar-refractivity contribution < 1.29 is 80.5 Å². The number of carboxylic acids is 4. The molecule has 16 nitrogen and oxygen atoms in total. The second-order valence-corrected chi connectivity index (χ2v) is 6.94. The van der Waals surface area contributed by atoms with Crippen LogP contribution < -0.4 is 0 Å². The van der Waals surface area contributed by atoms with Crippen molar-refractivity contribution in [3.8, 4) is 0 Å². The summed E-state index contributed by atoms with van der Waals surface area (Å²) in [6.45, 7) is -1.62. The Morgan fingerprint density at radius 1 is 0.485 bits per heavy atom. The molecule has 0 aliphatic rings. The van der Waals surface area contributed by atoms with E-state index in [4.69, 9.17) is 61.3 Å². The highest BCUT2D eigenvalue weighted by atomic mass is 32.1. The number of rotatable bonds is 8. The fraction of sp³-hybridized carbons (Fsp3) is 0.692. The molecule has 33 heavy (non-hydrogen) atoms. The minimum Gasteiger partial charge on any atom is -0.479 e. The van der Waals surface area contributed by atoms with Crippen LogP contribution in [0, 0.1) is 5.41 Å². The Labute approximate surface area is 208 Å². The third-order valence-corrected chi connectivity index (χ3v) is 3.11. The molecule has 0 aromatic rings. The highest BCUT2D eigenvalue weighted by Crippen LogP contribution is 2.11. The molecule has 0 amide bonds. The van der Waals surface area contributed by atoms with Crippen molar-refractivity contribution >= 4 is 74.4 Å². The summed E-state index contributed by atoms with van der Waals surface area (Å²) in [5.41, 5.74) is -7.26. The first-order valence-electron chi connectivity index (χ1n) is 7.61. The van der Waals surface area contributed by atoms with Gasteiger partial charge in [0, 0.05) is 0 Å². The van der Waals surface area contributed by atoms with Crippen LogP contribution in [0.3, 0.4) is 0 Å². The Bertz CT molecular complexity index is 435. The van der Waals surface area contributed by atoms with Gasteiger partial charge in [-0.3, -0.25) is 0 Å². The van der Waals surface area contributed by atoms with Crippen LogP contribution in [-0.2, 0) is 19.2 Å². The number of thiol groups is 4. The summed E-state index contributed by atoms with van der Waals surface area (Å²) in [5, 5.41) is 96.2. The zero-order valence-electron chi connectivity index (χ0n) is 16.4. The highest BCUT2D eigenvalue weighted by Gasteiger charge is 2.26. The SMILES string of the molecule is O=C(O)C(O)S.O=C(O)C(O)S.O=C(O)C(O)S.O=C(O)C(O)S.OCC(CO)(CO)CO. The van der Waals surface area contributed by atoms with Crippen molar-refractivity contribution in [1.29, 1.82) is 0 Å². The van der Waals surface area contributed by atoms with Crippen molar-refractivity contribution in [3.05, 3.63) is 0 Å². The lowest BCUT2D eigenvalue weighted by atomic mass is 9.93. The Morgan fingerprint density at radius 2 is 0.576 bits per heavy atom. The van der Waals surface area contributed by atoms with Gasteiger partial charge in [0.15, 0.2) is 21.7 Å². The molecule has 0 aromatic carbocycles. The topological polar surface area (TPSA) is 311 Å². The van der Waals surface area contributed by atoms with E-state index in [0.717, 1.165) is 0 Å². The summed E-state index contributed by atoms with van der Waals surface area (Å²) in [4.78, 5) is 37.5. The normalized spacial score (nSPS) is 13.2. The number of carboxylic acid groups (broad SMARTS) is 4. The molecule has 0 rings (SSSR count). The third kappa shape index (κ3) is 35.7. The number of carbonyl (C=O) groups is 4. The second-order valence-electron chi connectivity index (χ2n) is 4.98. The van der Waals surface area contributed by atoms with E-state index >= 15 is 0 Å². The summed E-state index contributed by atoms with van der Waals surface area (Å²) >= 11 is 12.6. The highest BCUT2D eigenvalue weighted by molar-refractivity contribution is 7.82. The summed E-state index contributed by atoms with van der Waals surface area (Å²) in [7, 11) is 0. The molecule has 200 valence electrons. The van der Waals surface area contributed by atoms with Gasteiger partial charge in [-0.15, -0.1) is 50.5 Å². The van der Waals surface area contributed by atoms with Gasteiger partial charge in [-0.2, -0.15) is 0 Å².